The van der Waals surface area contributed by atoms with Gasteiger partial charge >= 0.3 is 5.97 Å². The fraction of sp³-hybridized carbons (Fsp3) is 0.318. The molecular weight excluding hydrogens is 400 g/mol. The van der Waals surface area contributed by atoms with Gasteiger partial charge in [0.15, 0.2) is 11.8 Å². The predicted octanol–water partition coefficient (Wildman–Crippen LogP) is 0.915. The number of nitrogens with one attached hydrogen (secondary N) is 3. The molecule has 0 saturated carbocycles. The molecule has 2 aromatic heterocycles. The summed E-state index contributed by atoms with van der Waals surface area (Å²) in [5, 5.41) is 3.66. The van der Waals surface area contributed by atoms with E-state index in [1.807, 2.05) is 31.2 Å². The summed E-state index contributed by atoms with van der Waals surface area (Å²) in [7, 11) is 1.30. The van der Waals surface area contributed by atoms with Crippen LogP contribution in [0.3, 0.4) is 0 Å². The van der Waals surface area contributed by atoms with Crippen molar-refractivity contribution in [2.24, 2.45) is 0 Å². The van der Waals surface area contributed by atoms with Gasteiger partial charge in [-0.1, -0.05) is 18.2 Å². The van der Waals surface area contributed by atoms with Crippen LogP contribution in [-0.2, 0) is 9.53 Å². The van der Waals surface area contributed by atoms with Crippen LogP contribution >= 0.6 is 0 Å². The van der Waals surface area contributed by atoms with Crippen molar-refractivity contribution in [2.75, 3.05) is 38.6 Å². The lowest BCUT2D eigenvalue weighted by molar-refractivity contribution is -0.917. The number of nitrogens with zero attached hydrogens (tertiary/aromatic N) is 1. The first-order valence-corrected chi connectivity index (χ1v) is 10.2. The van der Waals surface area contributed by atoms with Crippen LogP contribution in [0.15, 0.2) is 47.1 Å². The molecule has 3 N–H and O–H groups in total. The number of fused-ring (bicyclic) bond motifs is 1. The van der Waals surface area contributed by atoms with Gasteiger partial charge in [-0.05, 0) is 25.1 Å². The maximum atomic E-state index is 13.0. The van der Waals surface area contributed by atoms with Crippen LogP contribution < -0.4 is 10.2 Å². The number of H-pyrrole nitrogens is 1. The standard InChI is InChI=1S/C22H24N4O5/c1-14(25-9-11-26(12-10-25)21(28)17-8-5-13-31-17)20(27)24-18-15-6-3-4-7-16(15)23-19(18)22(29)30-2/h3-8,13-14,23H,9-12H2,1-2H3,(H,24,27)/p+1/t14-/m0/s1. The third-order valence-corrected chi connectivity index (χ3v) is 5.77. The zero-order chi connectivity index (χ0) is 22.0. The molecule has 1 aromatic carbocycles. The van der Waals surface area contributed by atoms with E-state index in [1.165, 1.54) is 13.4 Å². The lowest BCUT2D eigenvalue weighted by atomic mass is 10.1. The molecule has 0 spiro atoms. The molecule has 3 heterocycles. The highest BCUT2D eigenvalue weighted by atomic mass is 16.5. The molecule has 0 bridgehead atoms. The van der Waals surface area contributed by atoms with Gasteiger partial charge in [0.1, 0.15) is 5.69 Å². The number of methoxy groups -OCH3 is 1. The second-order valence-electron chi connectivity index (χ2n) is 7.55. The summed E-state index contributed by atoms with van der Waals surface area (Å²) in [6.07, 6.45) is 1.48. The monoisotopic (exact) mass is 425 g/mol. The molecule has 0 aliphatic carbocycles. The highest BCUT2D eigenvalue weighted by Crippen LogP contribution is 2.28. The second-order valence-corrected chi connectivity index (χ2v) is 7.55. The molecule has 0 radical (unpaired) electrons. The Labute approximate surface area is 178 Å². The van der Waals surface area contributed by atoms with Crippen LogP contribution in [0.4, 0.5) is 5.69 Å². The summed E-state index contributed by atoms with van der Waals surface area (Å²) in [5.41, 5.74) is 1.38. The van der Waals surface area contributed by atoms with Crippen LogP contribution in [0.5, 0.6) is 0 Å². The number of anilines is 1. The molecule has 1 atom stereocenters. The Morgan fingerprint density at radius 2 is 1.90 bits per heavy atom. The van der Waals surface area contributed by atoms with Gasteiger partial charge in [0.25, 0.3) is 11.8 Å². The Kier molecular flexibility index (Phi) is 5.77. The van der Waals surface area contributed by atoms with E-state index in [-0.39, 0.29) is 23.6 Å². The quantitative estimate of drug-likeness (QED) is 0.527. The van der Waals surface area contributed by atoms with Crippen molar-refractivity contribution in [1.29, 1.82) is 0 Å². The van der Waals surface area contributed by atoms with Crippen molar-refractivity contribution in [2.45, 2.75) is 13.0 Å². The number of quaternary nitrogens is 1. The van der Waals surface area contributed by atoms with E-state index in [0.29, 0.717) is 37.6 Å². The number of aromatic nitrogens is 1. The lowest BCUT2D eigenvalue weighted by Crippen LogP contribution is -3.19. The first-order valence-electron chi connectivity index (χ1n) is 10.2. The maximum absolute atomic E-state index is 13.0. The molecule has 0 unspecified atom stereocenters. The number of esters is 1. The number of hydrogen-bond acceptors (Lipinski definition) is 5. The smallest absolute Gasteiger partial charge is 0.356 e. The van der Waals surface area contributed by atoms with Crippen LogP contribution in [0.2, 0.25) is 0 Å². The van der Waals surface area contributed by atoms with Crippen LogP contribution in [0.25, 0.3) is 10.9 Å². The highest BCUT2D eigenvalue weighted by molar-refractivity contribution is 6.11. The number of hydrogen-bond donors (Lipinski definition) is 3. The molecule has 4 rings (SSSR count). The van der Waals surface area contributed by atoms with Gasteiger partial charge in [0.2, 0.25) is 0 Å². The molecule has 1 saturated heterocycles. The average Bonchev–Trinajstić information content (AvgIpc) is 3.46. The van der Waals surface area contributed by atoms with E-state index < -0.39 is 5.97 Å². The highest BCUT2D eigenvalue weighted by Gasteiger charge is 2.32. The van der Waals surface area contributed by atoms with Crippen molar-refractivity contribution in [3.05, 3.63) is 54.1 Å². The summed E-state index contributed by atoms with van der Waals surface area (Å²) < 4.78 is 10.0. The Morgan fingerprint density at radius 1 is 1.16 bits per heavy atom. The lowest BCUT2D eigenvalue weighted by Gasteiger charge is -2.34. The first-order chi connectivity index (χ1) is 15.0. The van der Waals surface area contributed by atoms with Crippen molar-refractivity contribution in [3.8, 4) is 0 Å². The number of benzene rings is 1. The molecule has 3 aromatic rings. The van der Waals surface area contributed by atoms with Crippen molar-refractivity contribution >= 4 is 34.4 Å². The summed E-state index contributed by atoms with van der Waals surface area (Å²) in [6.45, 7) is 4.19. The number of piperazine rings is 1. The van der Waals surface area contributed by atoms with E-state index in [2.05, 4.69) is 10.3 Å². The number of carbonyl (C=O) groups is 3. The Balaban J connectivity index is 1.44. The van der Waals surface area contributed by atoms with Gasteiger partial charge < -0.3 is 29.3 Å². The van der Waals surface area contributed by atoms with Gasteiger partial charge in [0, 0.05) is 10.9 Å². The fourth-order valence-electron chi connectivity index (χ4n) is 3.93. The number of ether oxygens (including phenoxy) is 1. The van der Waals surface area contributed by atoms with E-state index in [9.17, 15) is 14.4 Å². The van der Waals surface area contributed by atoms with Gasteiger partial charge in [-0.25, -0.2) is 4.79 Å². The predicted molar refractivity (Wildman–Crippen MR) is 113 cm³/mol. The maximum Gasteiger partial charge on any atom is 0.356 e. The zero-order valence-corrected chi connectivity index (χ0v) is 17.4. The molecule has 2 amide bonds. The SMILES string of the molecule is COC(=O)c1[nH]c2ccccc2c1NC(=O)[C@H](C)[NH+]1CCN(C(=O)c2ccco2)CC1. The third kappa shape index (κ3) is 4.04. The zero-order valence-electron chi connectivity index (χ0n) is 17.4. The molecule has 162 valence electrons. The summed E-state index contributed by atoms with van der Waals surface area (Å²) in [6, 6.07) is 10.3. The van der Waals surface area contributed by atoms with Crippen LogP contribution in [0.1, 0.15) is 28.0 Å². The van der Waals surface area contributed by atoms with E-state index in [4.69, 9.17) is 9.15 Å². The number of amides is 2. The normalized spacial score (nSPS) is 15.6. The van der Waals surface area contributed by atoms with Gasteiger partial charge in [-0.3, -0.25) is 9.59 Å². The Hall–Kier alpha value is -3.59. The minimum absolute atomic E-state index is 0.136. The molecule has 1 fully saturated rings. The van der Waals surface area contributed by atoms with Crippen molar-refractivity contribution in [3.63, 3.8) is 0 Å². The number of aromatic amines is 1. The fourth-order valence-corrected chi connectivity index (χ4v) is 3.93. The number of carbonyl (C=O) groups excluding carboxylic acids is 3. The largest absolute Gasteiger partial charge is 0.464 e. The Morgan fingerprint density at radius 3 is 2.58 bits per heavy atom. The Bertz CT molecular complexity index is 1100. The third-order valence-electron chi connectivity index (χ3n) is 5.77. The van der Waals surface area contributed by atoms with Gasteiger partial charge in [-0.2, -0.15) is 0 Å². The van der Waals surface area contributed by atoms with Crippen LogP contribution in [0, 0.1) is 0 Å². The molecule has 1 aliphatic rings. The number of furan rings is 1. The summed E-state index contributed by atoms with van der Waals surface area (Å²) in [5.74, 6) is -0.557. The summed E-state index contributed by atoms with van der Waals surface area (Å²) >= 11 is 0. The van der Waals surface area contributed by atoms with E-state index >= 15 is 0 Å². The number of rotatable bonds is 5. The van der Waals surface area contributed by atoms with Crippen molar-refractivity contribution < 1.29 is 28.4 Å². The van der Waals surface area contributed by atoms with E-state index in [1.54, 1.807) is 17.0 Å². The van der Waals surface area contributed by atoms with Gasteiger partial charge in [0.05, 0.1) is 45.2 Å². The molecule has 1 aliphatic heterocycles. The minimum atomic E-state index is -0.545. The molecular formula is C22H25N4O5+. The van der Waals surface area contributed by atoms with Gasteiger partial charge in [-0.15, -0.1) is 0 Å². The first kappa shape index (κ1) is 20.7. The average molecular weight is 425 g/mol. The summed E-state index contributed by atoms with van der Waals surface area (Å²) in [4.78, 5) is 43.5. The van der Waals surface area contributed by atoms with Crippen molar-refractivity contribution in [1.82, 2.24) is 9.88 Å². The molecule has 31 heavy (non-hydrogen) atoms. The van der Waals surface area contributed by atoms with Crippen LogP contribution in [-0.4, -0.2) is 67.0 Å². The van der Waals surface area contributed by atoms with E-state index in [0.717, 1.165) is 15.8 Å². The minimum Gasteiger partial charge on any atom is -0.464 e. The topological polar surface area (TPSA) is 109 Å². The number of para-hydroxylation sites is 1. The second kappa shape index (κ2) is 8.65. The molecule has 9 nitrogen and oxygen atoms in total. The molecule has 9 heteroatoms.